The molecule has 0 radical (unpaired) electrons. The predicted molar refractivity (Wildman–Crippen MR) is 78.7 cm³/mol. The molecule has 0 unspecified atom stereocenters. The van der Waals surface area contributed by atoms with E-state index >= 15 is 0 Å². The lowest BCUT2D eigenvalue weighted by Crippen LogP contribution is -2.44. The zero-order valence-corrected chi connectivity index (χ0v) is 12.3. The lowest BCUT2D eigenvalue weighted by Gasteiger charge is -2.32. The van der Waals surface area contributed by atoms with Crippen molar-refractivity contribution in [2.45, 2.75) is 19.6 Å². The highest BCUT2D eigenvalue weighted by Gasteiger charge is 2.26. The fraction of sp³-hybridized carbons (Fsp3) is 0.429. The average Bonchev–Trinajstić information content (AvgIpc) is 2.99. The Balaban J connectivity index is 1.69. The quantitative estimate of drug-likeness (QED) is 0.867. The summed E-state index contributed by atoms with van der Waals surface area (Å²) in [5.74, 6) is 1.01. The van der Waals surface area contributed by atoms with Crippen molar-refractivity contribution < 1.29 is 9.53 Å². The molecule has 0 saturated carbocycles. The van der Waals surface area contributed by atoms with Crippen LogP contribution in [0.2, 0.25) is 0 Å². The van der Waals surface area contributed by atoms with Crippen LogP contribution in [-0.2, 0) is 16.1 Å². The van der Waals surface area contributed by atoms with Crippen LogP contribution in [0.5, 0.6) is 0 Å². The number of nitrogen functional groups attached to an aromatic ring is 1. The molecule has 1 saturated heterocycles. The summed E-state index contributed by atoms with van der Waals surface area (Å²) in [4.78, 5) is 22.5. The summed E-state index contributed by atoms with van der Waals surface area (Å²) in [7, 11) is 0. The van der Waals surface area contributed by atoms with E-state index in [1.807, 2.05) is 0 Å². The molecule has 22 heavy (non-hydrogen) atoms. The molecule has 1 aliphatic rings. The largest absolute Gasteiger partial charge is 0.384 e. The molecule has 1 atom stereocenters. The van der Waals surface area contributed by atoms with Crippen LogP contribution < -0.4 is 5.73 Å². The van der Waals surface area contributed by atoms with Crippen LogP contribution in [-0.4, -0.2) is 50.3 Å². The van der Waals surface area contributed by atoms with Gasteiger partial charge >= 0.3 is 0 Å². The number of nitrogens with zero attached hydrogens (tertiary/aromatic N) is 5. The third-order valence-corrected chi connectivity index (χ3v) is 3.48. The minimum absolute atomic E-state index is 0.00995. The van der Waals surface area contributed by atoms with Gasteiger partial charge in [-0.2, -0.15) is 5.10 Å². The van der Waals surface area contributed by atoms with Crippen molar-refractivity contribution in [2.75, 3.05) is 25.4 Å². The summed E-state index contributed by atoms with van der Waals surface area (Å²) < 4.78 is 7.34. The molecule has 8 heteroatoms. The summed E-state index contributed by atoms with van der Waals surface area (Å²) in [6.07, 6.45) is 3.14. The van der Waals surface area contributed by atoms with Gasteiger partial charge in [-0.25, -0.2) is 9.97 Å². The normalized spacial score (nSPS) is 18.4. The fourth-order valence-corrected chi connectivity index (χ4v) is 2.47. The Morgan fingerprint density at radius 3 is 3.09 bits per heavy atom. The highest BCUT2D eigenvalue weighted by Crippen LogP contribution is 2.22. The van der Waals surface area contributed by atoms with Crippen LogP contribution >= 0.6 is 0 Å². The van der Waals surface area contributed by atoms with Crippen LogP contribution in [0.4, 0.5) is 5.82 Å². The van der Waals surface area contributed by atoms with Crippen molar-refractivity contribution >= 4 is 11.7 Å². The number of anilines is 1. The van der Waals surface area contributed by atoms with Crippen LogP contribution in [0.1, 0.15) is 17.6 Å². The van der Waals surface area contributed by atoms with Crippen molar-refractivity contribution in [1.82, 2.24) is 24.6 Å². The molecule has 116 valence electrons. The maximum absolute atomic E-state index is 12.3. The van der Waals surface area contributed by atoms with E-state index in [2.05, 4.69) is 15.1 Å². The smallest absolute Gasteiger partial charge is 0.244 e. The van der Waals surface area contributed by atoms with Crippen LogP contribution in [0, 0.1) is 6.92 Å². The van der Waals surface area contributed by atoms with Crippen molar-refractivity contribution in [1.29, 1.82) is 0 Å². The van der Waals surface area contributed by atoms with Gasteiger partial charge < -0.3 is 15.4 Å². The Bertz CT molecular complexity index is 637. The second kappa shape index (κ2) is 6.10. The molecule has 3 heterocycles. The van der Waals surface area contributed by atoms with Gasteiger partial charge in [-0.15, -0.1) is 0 Å². The van der Waals surface area contributed by atoms with Crippen LogP contribution in [0.15, 0.2) is 24.5 Å². The lowest BCUT2D eigenvalue weighted by molar-refractivity contribution is -0.140. The van der Waals surface area contributed by atoms with E-state index in [1.165, 1.54) is 0 Å². The number of rotatable bonds is 3. The highest BCUT2D eigenvalue weighted by molar-refractivity contribution is 5.76. The first-order valence-electron chi connectivity index (χ1n) is 7.09. The Morgan fingerprint density at radius 1 is 1.50 bits per heavy atom. The molecule has 8 nitrogen and oxygen atoms in total. The Kier molecular flexibility index (Phi) is 4.01. The average molecular weight is 302 g/mol. The zero-order valence-electron chi connectivity index (χ0n) is 12.3. The number of hydrogen-bond acceptors (Lipinski definition) is 6. The van der Waals surface area contributed by atoms with Crippen molar-refractivity contribution in [3.05, 3.63) is 36.0 Å². The van der Waals surface area contributed by atoms with E-state index in [0.29, 0.717) is 37.0 Å². The first-order valence-corrected chi connectivity index (χ1v) is 7.09. The number of aryl methyl sites for hydroxylation is 1. The van der Waals surface area contributed by atoms with Gasteiger partial charge in [-0.1, -0.05) is 0 Å². The molecule has 0 bridgehead atoms. The van der Waals surface area contributed by atoms with E-state index < -0.39 is 0 Å². The zero-order chi connectivity index (χ0) is 15.5. The van der Waals surface area contributed by atoms with E-state index in [0.717, 1.165) is 0 Å². The molecule has 2 N–H and O–H groups in total. The number of carbonyl (C=O) groups excluding carboxylic acids is 1. The number of ether oxygens (including phenoxy) is 1. The number of carbonyl (C=O) groups is 1. The lowest BCUT2D eigenvalue weighted by atomic mass is 10.2. The SMILES string of the molecule is Cc1nc(N)cc([C@H]2CN(C(=O)Cn3cccn3)CCO2)n1. The Labute approximate surface area is 127 Å². The molecule has 2 aromatic heterocycles. The first kappa shape index (κ1) is 14.5. The van der Waals surface area contributed by atoms with E-state index in [-0.39, 0.29) is 18.6 Å². The van der Waals surface area contributed by atoms with Crippen LogP contribution in [0.3, 0.4) is 0 Å². The second-order valence-electron chi connectivity index (χ2n) is 5.17. The van der Waals surface area contributed by atoms with E-state index in [4.69, 9.17) is 10.5 Å². The second-order valence-corrected chi connectivity index (χ2v) is 5.17. The van der Waals surface area contributed by atoms with Crippen LogP contribution in [0.25, 0.3) is 0 Å². The highest BCUT2D eigenvalue weighted by atomic mass is 16.5. The summed E-state index contributed by atoms with van der Waals surface area (Å²) in [6, 6.07) is 3.49. The third-order valence-electron chi connectivity index (χ3n) is 3.48. The maximum Gasteiger partial charge on any atom is 0.244 e. The van der Waals surface area contributed by atoms with Gasteiger partial charge in [0.15, 0.2) is 0 Å². The van der Waals surface area contributed by atoms with Gasteiger partial charge in [-0.05, 0) is 13.0 Å². The molecule has 0 aliphatic carbocycles. The van der Waals surface area contributed by atoms with Crippen molar-refractivity contribution in [2.24, 2.45) is 0 Å². The monoisotopic (exact) mass is 302 g/mol. The molecule has 2 aromatic rings. The molecule has 1 fully saturated rings. The summed E-state index contributed by atoms with van der Waals surface area (Å²) in [6.45, 7) is 3.50. The first-order chi connectivity index (χ1) is 10.6. The maximum atomic E-state index is 12.3. The fourth-order valence-electron chi connectivity index (χ4n) is 2.47. The third kappa shape index (κ3) is 3.22. The minimum Gasteiger partial charge on any atom is -0.384 e. The van der Waals surface area contributed by atoms with Gasteiger partial charge in [0.25, 0.3) is 0 Å². The topological polar surface area (TPSA) is 99.2 Å². The van der Waals surface area contributed by atoms with Gasteiger partial charge in [0.2, 0.25) is 5.91 Å². The van der Waals surface area contributed by atoms with Crippen molar-refractivity contribution in [3.63, 3.8) is 0 Å². The van der Waals surface area contributed by atoms with Gasteiger partial charge in [-0.3, -0.25) is 9.48 Å². The van der Waals surface area contributed by atoms with Gasteiger partial charge in [0.05, 0.1) is 18.8 Å². The molecule has 0 aromatic carbocycles. The summed E-state index contributed by atoms with van der Waals surface area (Å²) in [5, 5.41) is 4.05. The molecular weight excluding hydrogens is 284 g/mol. The number of aromatic nitrogens is 4. The number of nitrogens with two attached hydrogens (primary N) is 1. The predicted octanol–water partition coefficient (Wildman–Crippen LogP) is 0.164. The Hall–Kier alpha value is -2.48. The van der Waals surface area contributed by atoms with Gasteiger partial charge in [0, 0.05) is 25.0 Å². The van der Waals surface area contributed by atoms with E-state index in [1.54, 1.807) is 41.0 Å². The Morgan fingerprint density at radius 2 is 2.36 bits per heavy atom. The van der Waals surface area contributed by atoms with E-state index in [9.17, 15) is 4.79 Å². The number of amides is 1. The molecule has 0 spiro atoms. The summed E-state index contributed by atoms with van der Waals surface area (Å²) in [5.41, 5.74) is 6.46. The van der Waals surface area contributed by atoms with Crippen molar-refractivity contribution in [3.8, 4) is 0 Å². The molecule has 3 rings (SSSR count). The molecule has 1 aliphatic heterocycles. The van der Waals surface area contributed by atoms with Gasteiger partial charge in [0.1, 0.15) is 24.3 Å². The summed E-state index contributed by atoms with van der Waals surface area (Å²) >= 11 is 0. The minimum atomic E-state index is -0.278. The molecular formula is C14H18N6O2. The number of morpholine rings is 1. The molecule has 1 amide bonds. The standard InChI is InChI=1S/C14H18N6O2/c1-10-17-11(7-13(15)18-10)12-8-19(5-6-22-12)14(21)9-20-4-2-3-16-20/h2-4,7,12H,5-6,8-9H2,1H3,(H2,15,17,18)/t12-/m1/s1. The number of hydrogen-bond donors (Lipinski definition) is 1.